The number of halogens is 1. The molecule has 0 spiro atoms. The van der Waals surface area contributed by atoms with Crippen LogP contribution in [0.1, 0.15) is 10.6 Å². The van der Waals surface area contributed by atoms with Crippen molar-refractivity contribution in [3.63, 3.8) is 0 Å². The predicted octanol–water partition coefficient (Wildman–Crippen LogP) is 1.55. The summed E-state index contributed by atoms with van der Waals surface area (Å²) >= 11 is 5.56. The number of nitrogens with zero attached hydrogens (tertiary/aromatic N) is 1. The summed E-state index contributed by atoms with van der Waals surface area (Å²) in [7, 11) is 0. The maximum atomic E-state index is 11.8. The van der Waals surface area contributed by atoms with Crippen molar-refractivity contribution in [3.8, 4) is 0 Å². The largest absolute Gasteiger partial charge is 0.440 e. The third kappa shape index (κ3) is 3.11. The van der Waals surface area contributed by atoms with Crippen LogP contribution in [0.4, 0.5) is 0 Å². The molecule has 0 radical (unpaired) electrons. The number of carbonyl (C=O) groups is 1. The second-order valence-corrected chi connectivity index (χ2v) is 3.24. The number of carbonyl (C=O) groups excluding carboxylic acids is 1. The van der Waals surface area contributed by atoms with E-state index in [1.165, 1.54) is 17.0 Å². The van der Waals surface area contributed by atoms with Crippen LogP contribution in [0.15, 0.2) is 29.2 Å². The monoisotopic (exact) mass is 229 g/mol. The van der Waals surface area contributed by atoms with Crippen molar-refractivity contribution in [1.29, 1.82) is 0 Å². The number of aliphatic hydroxyl groups excluding tert-OH is 1. The summed E-state index contributed by atoms with van der Waals surface area (Å²) in [5.74, 6) is -0.147. The Balaban J connectivity index is 2.75. The highest BCUT2D eigenvalue weighted by atomic mass is 35.5. The van der Waals surface area contributed by atoms with E-state index in [1.807, 2.05) is 0 Å². The van der Waals surface area contributed by atoms with Crippen molar-refractivity contribution in [1.82, 2.24) is 4.90 Å². The second-order valence-electron chi connectivity index (χ2n) is 2.87. The summed E-state index contributed by atoms with van der Waals surface area (Å²) in [6, 6.07) is 3.00. The minimum atomic E-state index is -0.309. The third-order valence-electron chi connectivity index (χ3n) is 1.79. The maximum Gasteiger partial charge on any atom is 0.289 e. The van der Waals surface area contributed by atoms with Crippen LogP contribution in [-0.2, 0) is 0 Å². The molecule has 82 valence electrons. The van der Waals surface area contributed by atoms with Crippen LogP contribution in [0.2, 0.25) is 5.22 Å². The highest BCUT2D eigenvalue weighted by Crippen LogP contribution is 2.14. The van der Waals surface area contributed by atoms with E-state index < -0.39 is 0 Å². The highest BCUT2D eigenvalue weighted by molar-refractivity contribution is 6.29. The first-order chi connectivity index (χ1) is 7.19. The molecule has 4 nitrogen and oxygen atoms in total. The zero-order chi connectivity index (χ0) is 11.3. The maximum absolute atomic E-state index is 11.8. The molecule has 5 heteroatoms. The van der Waals surface area contributed by atoms with Crippen molar-refractivity contribution in [2.45, 2.75) is 0 Å². The highest BCUT2D eigenvalue weighted by Gasteiger charge is 2.17. The number of rotatable bonds is 5. The quantitative estimate of drug-likeness (QED) is 0.780. The first-order valence-electron chi connectivity index (χ1n) is 4.45. The molecule has 1 aromatic heterocycles. The fraction of sp³-hybridized carbons (Fsp3) is 0.300. The van der Waals surface area contributed by atoms with Gasteiger partial charge in [-0.1, -0.05) is 6.08 Å². The molecule has 0 unspecified atom stereocenters. The Morgan fingerprint density at radius 1 is 1.67 bits per heavy atom. The molecule has 15 heavy (non-hydrogen) atoms. The molecule has 1 rings (SSSR count). The lowest BCUT2D eigenvalue weighted by atomic mass is 10.3. The van der Waals surface area contributed by atoms with Crippen molar-refractivity contribution in [2.75, 3.05) is 19.7 Å². The summed E-state index contributed by atoms with van der Waals surface area (Å²) in [4.78, 5) is 13.2. The smallest absolute Gasteiger partial charge is 0.289 e. The topological polar surface area (TPSA) is 53.7 Å². The van der Waals surface area contributed by atoms with E-state index in [2.05, 4.69) is 6.58 Å². The lowest BCUT2D eigenvalue weighted by Crippen LogP contribution is -2.33. The van der Waals surface area contributed by atoms with Crippen LogP contribution in [0.25, 0.3) is 0 Å². The van der Waals surface area contributed by atoms with Crippen LogP contribution in [0, 0.1) is 0 Å². The molecule has 0 saturated carbocycles. The van der Waals surface area contributed by atoms with E-state index in [4.69, 9.17) is 21.1 Å². The Morgan fingerprint density at radius 2 is 2.40 bits per heavy atom. The van der Waals surface area contributed by atoms with E-state index in [9.17, 15) is 4.79 Å². The number of hydrogen-bond donors (Lipinski definition) is 1. The fourth-order valence-electron chi connectivity index (χ4n) is 1.14. The van der Waals surface area contributed by atoms with Gasteiger partial charge in [-0.2, -0.15) is 0 Å². The summed E-state index contributed by atoms with van der Waals surface area (Å²) in [5.41, 5.74) is 0. The lowest BCUT2D eigenvalue weighted by molar-refractivity contribution is 0.0711. The molecule has 0 aliphatic heterocycles. The van der Waals surface area contributed by atoms with Gasteiger partial charge in [-0.3, -0.25) is 4.79 Å². The number of furan rings is 1. The van der Waals surface area contributed by atoms with Gasteiger partial charge in [-0.15, -0.1) is 6.58 Å². The number of hydrogen-bond acceptors (Lipinski definition) is 3. The molecular weight excluding hydrogens is 218 g/mol. The van der Waals surface area contributed by atoms with Crippen molar-refractivity contribution in [2.24, 2.45) is 0 Å². The first-order valence-corrected chi connectivity index (χ1v) is 4.83. The first kappa shape index (κ1) is 11.8. The summed E-state index contributed by atoms with van der Waals surface area (Å²) < 4.78 is 4.98. The summed E-state index contributed by atoms with van der Waals surface area (Å²) in [6.45, 7) is 4.03. The van der Waals surface area contributed by atoms with Gasteiger partial charge in [0.25, 0.3) is 5.91 Å². The minimum absolute atomic E-state index is 0.103. The molecule has 0 aliphatic carbocycles. The zero-order valence-electron chi connectivity index (χ0n) is 8.15. The van der Waals surface area contributed by atoms with Crippen LogP contribution in [-0.4, -0.2) is 35.6 Å². The normalized spacial score (nSPS) is 10.0. The van der Waals surface area contributed by atoms with E-state index in [0.29, 0.717) is 6.54 Å². The van der Waals surface area contributed by atoms with Crippen molar-refractivity contribution >= 4 is 17.5 Å². The number of amides is 1. The Labute approximate surface area is 92.7 Å². The van der Waals surface area contributed by atoms with Crippen molar-refractivity contribution in [3.05, 3.63) is 35.8 Å². The average Bonchev–Trinajstić information content (AvgIpc) is 2.63. The van der Waals surface area contributed by atoms with E-state index in [1.54, 1.807) is 6.08 Å². The molecule has 0 aliphatic rings. The van der Waals surface area contributed by atoms with Gasteiger partial charge in [0.2, 0.25) is 0 Å². The molecule has 1 heterocycles. The van der Waals surface area contributed by atoms with Gasteiger partial charge < -0.3 is 14.4 Å². The summed E-state index contributed by atoms with van der Waals surface area (Å²) in [6.07, 6.45) is 1.58. The SMILES string of the molecule is C=CCN(CCO)C(=O)c1ccc(Cl)o1. The molecule has 0 fully saturated rings. The molecule has 0 atom stereocenters. The van der Waals surface area contributed by atoms with Crippen molar-refractivity contribution < 1.29 is 14.3 Å². The minimum Gasteiger partial charge on any atom is -0.440 e. The zero-order valence-corrected chi connectivity index (χ0v) is 8.91. The molecule has 0 bridgehead atoms. The van der Waals surface area contributed by atoms with Gasteiger partial charge in [0.15, 0.2) is 11.0 Å². The van der Waals surface area contributed by atoms with Gasteiger partial charge in [0, 0.05) is 13.1 Å². The van der Waals surface area contributed by atoms with E-state index in [0.717, 1.165) is 0 Å². The van der Waals surface area contributed by atoms with E-state index in [-0.39, 0.29) is 30.0 Å². The van der Waals surface area contributed by atoms with Crippen LogP contribution in [0.5, 0.6) is 0 Å². The van der Waals surface area contributed by atoms with Gasteiger partial charge in [-0.05, 0) is 23.7 Å². The second kappa shape index (κ2) is 5.58. The van der Waals surface area contributed by atoms with Crippen LogP contribution >= 0.6 is 11.6 Å². The van der Waals surface area contributed by atoms with Crippen LogP contribution < -0.4 is 0 Å². The molecule has 0 saturated heterocycles. The van der Waals surface area contributed by atoms with Gasteiger partial charge >= 0.3 is 0 Å². The standard InChI is InChI=1S/C10H12ClNO3/c1-2-5-12(6-7-13)10(14)8-3-4-9(11)15-8/h2-4,13H,1,5-7H2. The van der Waals surface area contributed by atoms with Gasteiger partial charge in [0.05, 0.1) is 6.61 Å². The predicted molar refractivity (Wildman–Crippen MR) is 56.9 cm³/mol. The molecule has 1 aromatic rings. The average molecular weight is 230 g/mol. The Morgan fingerprint density at radius 3 is 2.87 bits per heavy atom. The van der Waals surface area contributed by atoms with E-state index >= 15 is 0 Å². The Kier molecular flexibility index (Phi) is 4.39. The number of aliphatic hydroxyl groups is 1. The fourth-order valence-corrected chi connectivity index (χ4v) is 1.28. The molecule has 1 amide bonds. The Hall–Kier alpha value is -1.26. The van der Waals surface area contributed by atoms with Gasteiger partial charge in [0.1, 0.15) is 0 Å². The third-order valence-corrected chi connectivity index (χ3v) is 1.99. The Bertz CT molecular complexity index is 348. The molecule has 0 aromatic carbocycles. The summed E-state index contributed by atoms with van der Waals surface area (Å²) in [5, 5.41) is 8.95. The lowest BCUT2D eigenvalue weighted by Gasteiger charge is -2.18. The van der Waals surface area contributed by atoms with Crippen LogP contribution in [0.3, 0.4) is 0 Å². The van der Waals surface area contributed by atoms with Gasteiger partial charge in [-0.25, -0.2) is 0 Å². The molecular formula is C10H12ClNO3. The molecule has 1 N–H and O–H groups in total.